The lowest BCUT2D eigenvalue weighted by Crippen LogP contribution is -2.30. The van der Waals surface area contributed by atoms with E-state index >= 15 is 0 Å². The number of amides is 2. The van der Waals surface area contributed by atoms with Crippen LogP contribution in [0.1, 0.15) is 13.8 Å². The van der Waals surface area contributed by atoms with E-state index in [1.807, 2.05) is 13.8 Å². The van der Waals surface area contributed by atoms with Crippen LogP contribution in [0.2, 0.25) is 0 Å². The zero-order valence-electron chi connectivity index (χ0n) is 10.9. The summed E-state index contributed by atoms with van der Waals surface area (Å²) in [6.45, 7) is 4.66. The molecule has 2 amide bonds. The van der Waals surface area contributed by atoms with Crippen LogP contribution in [0.4, 0.5) is 5.69 Å². The Hall–Kier alpha value is -2.30. The van der Waals surface area contributed by atoms with Crippen LogP contribution in [0, 0.1) is 0 Å². The fourth-order valence-corrected chi connectivity index (χ4v) is 1.84. The number of hydrogen-bond donors (Lipinski definition) is 0. The van der Waals surface area contributed by atoms with Crippen molar-refractivity contribution in [1.82, 2.24) is 0 Å². The molecule has 0 aromatic heterocycles. The second-order valence-corrected chi connectivity index (χ2v) is 3.84. The maximum atomic E-state index is 11.7. The van der Waals surface area contributed by atoms with Crippen LogP contribution in [0.25, 0.3) is 0 Å². The topological polar surface area (TPSA) is 55.8 Å². The molecular formula is C14H15NO4. The first-order valence-corrected chi connectivity index (χ1v) is 6.13. The van der Waals surface area contributed by atoms with Gasteiger partial charge in [-0.15, -0.1) is 0 Å². The van der Waals surface area contributed by atoms with Gasteiger partial charge in [0, 0.05) is 18.2 Å². The number of hydrogen-bond acceptors (Lipinski definition) is 4. The van der Waals surface area contributed by atoms with Crippen molar-refractivity contribution in [2.45, 2.75) is 13.8 Å². The van der Waals surface area contributed by atoms with E-state index < -0.39 is 0 Å². The van der Waals surface area contributed by atoms with Crippen LogP contribution in [0.3, 0.4) is 0 Å². The molecule has 0 aliphatic carbocycles. The van der Waals surface area contributed by atoms with Gasteiger partial charge < -0.3 is 9.47 Å². The summed E-state index contributed by atoms with van der Waals surface area (Å²) < 4.78 is 10.8. The normalized spacial score (nSPS) is 14.1. The van der Waals surface area contributed by atoms with Crippen molar-refractivity contribution in [3.8, 4) is 11.5 Å². The first-order chi connectivity index (χ1) is 9.17. The van der Waals surface area contributed by atoms with Gasteiger partial charge in [-0.1, -0.05) is 0 Å². The summed E-state index contributed by atoms with van der Waals surface area (Å²) >= 11 is 0. The minimum absolute atomic E-state index is 0.375. The standard InChI is InChI=1S/C14H15NO4/c1-3-18-10-5-6-12(19-4-2)11(9-10)15-13(16)7-8-14(15)17/h5-9H,3-4H2,1-2H3. The molecule has 19 heavy (non-hydrogen) atoms. The van der Waals surface area contributed by atoms with Crippen molar-refractivity contribution in [1.29, 1.82) is 0 Å². The van der Waals surface area contributed by atoms with Gasteiger partial charge in [0.2, 0.25) is 0 Å². The monoisotopic (exact) mass is 261 g/mol. The van der Waals surface area contributed by atoms with Crippen LogP contribution in [0.5, 0.6) is 11.5 Å². The smallest absolute Gasteiger partial charge is 0.258 e. The number of imide groups is 1. The Morgan fingerprint density at radius 2 is 1.63 bits per heavy atom. The average molecular weight is 261 g/mol. The van der Waals surface area contributed by atoms with E-state index in [4.69, 9.17) is 9.47 Å². The number of nitrogens with zero attached hydrogens (tertiary/aromatic N) is 1. The van der Waals surface area contributed by atoms with E-state index in [0.717, 1.165) is 4.90 Å². The summed E-state index contributed by atoms with van der Waals surface area (Å²) in [6, 6.07) is 5.08. The van der Waals surface area contributed by atoms with Crippen LogP contribution in [-0.4, -0.2) is 25.0 Å². The highest BCUT2D eigenvalue weighted by Crippen LogP contribution is 2.34. The summed E-state index contributed by atoms with van der Waals surface area (Å²) in [7, 11) is 0. The number of carbonyl (C=O) groups excluding carboxylic acids is 2. The van der Waals surface area contributed by atoms with Crippen LogP contribution < -0.4 is 14.4 Å². The Morgan fingerprint density at radius 3 is 2.21 bits per heavy atom. The number of anilines is 1. The maximum Gasteiger partial charge on any atom is 0.258 e. The molecule has 1 aromatic rings. The number of ether oxygens (including phenoxy) is 2. The molecule has 0 bridgehead atoms. The Labute approximate surface area is 111 Å². The van der Waals surface area contributed by atoms with E-state index in [2.05, 4.69) is 0 Å². The van der Waals surface area contributed by atoms with Crippen molar-refractivity contribution in [3.63, 3.8) is 0 Å². The highest BCUT2D eigenvalue weighted by Gasteiger charge is 2.28. The first kappa shape index (κ1) is 13.1. The van der Waals surface area contributed by atoms with Gasteiger partial charge in [0.1, 0.15) is 11.5 Å². The third-order valence-corrected chi connectivity index (χ3v) is 2.59. The average Bonchev–Trinajstić information content (AvgIpc) is 2.72. The molecule has 0 unspecified atom stereocenters. The van der Waals surface area contributed by atoms with Gasteiger partial charge in [-0.25, -0.2) is 4.90 Å². The van der Waals surface area contributed by atoms with Crippen molar-refractivity contribution < 1.29 is 19.1 Å². The molecule has 0 radical (unpaired) electrons. The molecule has 0 spiro atoms. The lowest BCUT2D eigenvalue weighted by Gasteiger charge is -2.19. The largest absolute Gasteiger partial charge is 0.494 e. The first-order valence-electron chi connectivity index (χ1n) is 6.13. The third-order valence-electron chi connectivity index (χ3n) is 2.59. The quantitative estimate of drug-likeness (QED) is 0.760. The van der Waals surface area contributed by atoms with E-state index in [1.54, 1.807) is 18.2 Å². The van der Waals surface area contributed by atoms with Gasteiger partial charge >= 0.3 is 0 Å². The van der Waals surface area contributed by atoms with Crippen LogP contribution in [0.15, 0.2) is 30.4 Å². The minimum atomic E-state index is -0.375. The molecule has 5 heteroatoms. The number of benzene rings is 1. The van der Waals surface area contributed by atoms with E-state index in [1.165, 1.54) is 12.2 Å². The van der Waals surface area contributed by atoms with Gasteiger partial charge in [-0.05, 0) is 26.0 Å². The van der Waals surface area contributed by atoms with Gasteiger partial charge in [-0.2, -0.15) is 0 Å². The molecule has 1 aliphatic rings. The molecule has 1 aliphatic heterocycles. The fourth-order valence-electron chi connectivity index (χ4n) is 1.84. The Kier molecular flexibility index (Phi) is 3.85. The summed E-state index contributed by atoms with van der Waals surface area (Å²) in [5, 5.41) is 0. The predicted molar refractivity (Wildman–Crippen MR) is 70.4 cm³/mol. The zero-order chi connectivity index (χ0) is 13.8. The van der Waals surface area contributed by atoms with Gasteiger partial charge in [-0.3, -0.25) is 9.59 Å². The molecule has 0 atom stereocenters. The van der Waals surface area contributed by atoms with Crippen molar-refractivity contribution >= 4 is 17.5 Å². The van der Waals surface area contributed by atoms with E-state index in [9.17, 15) is 9.59 Å². The zero-order valence-corrected chi connectivity index (χ0v) is 10.9. The molecule has 100 valence electrons. The van der Waals surface area contributed by atoms with E-state index in [-0.39, 0.29) is 11.8 Å². The summed E-state index contributed by atoms with van der Waals surface area (Å²) in [5.74, 6) is 0.323. The second kappa shape index (κ2) is 5.56. The fraction of sp³-hybridized carbons (Fsp3) is 0.286. The maximum absolute atomic E-state index is 11.7. The molecule has 0 N–H and O–H groups in total. The summed E-state index contributed by atoms with van der Waals surface area (Å²) in [5.41, 5.74) is 0.410. The Morgan fingerprint density at radius 1 is 1.00 bits per heavy atom. The van der Waals surface area contributed by atoms with Crippen LogP contribution in [-0.2, 0) is 9.59 Å². The van der Waals surface area contributed by atoms with E-state index in [0.29, 0.717) is 30.4 Å². The molecule has 1 heterocycles. The SMILES string of the molecule is CCOc1ccc(OCC)c(N2C(=O)C=CC2=O)c1. The molecule has 1 aromatic carbocycles. The lowest BCUT2D eigenvalue weighted by molar-refractivity contribution is -0.120. The Balaban J connectivity index is 2.42. The number of rotatable bonds is 5. The Bertz CT molecular complexity index is 518. The van der Waals surface area contributed by atoms with Gasteiger partial charge in [0.15, 0.2) is 0 Å². The van der Waals surface area contributed by atoms with Crippen LogP contribution >= 0.6 is 0 Å². The second-order valence-electron chi connectivity index (χ2n) is 3.84. The van der Waals surface area contributed by atoms with Crippen molar-refractivity contribution in [3.05, 3.63) is 30.4 Å². The van der Waals surface area contributed by atoms with Crippen molar-refractivity contribution in [2.24, 2.45) is 0 Å². The molecule has 0 fully saturated rings. The predicted octanol–water partition coefficient (Wildman–Crippen LogP) is 1.91. The highest BCUT2D eigenvalue weighted by atomic mass is 16.5. The molecule has 0 saturated carbocycles. The lowest BCUT2D eigenvalue weighted by atomic mass is 10.2. The molecule has 2 rings (SSSR count). The molecular weight excluding hydrogens is 246 g/mol. The number of carbonyl (C=O) groups is 2. The molecule has 0 saturated heterocycles. The summed E-state index contributed by atoms with van der Waals surface area (Å²) in [4.78, 5) is 24.5. The minimum Gasteiger partial charge on any atom is -0.494 e. The molecule has 5 nitrogen and oxygen atoms in total. The van der Waals surface area contributed by atoms with Crippen molar-refractivity contribution in [2.75, 3.05) is 18.1 Å². The third kappa shape index (κ3) is 2.59. The highest BCUT2D eigenvalue weighted by molar-refractivity contribution is 6.28. The summed E-state index contributed by atoms with van der Waals surface area (Å²) in [6.07, 6.45) is 2.48. The van der Waals surface area contributed by atoms with Gasteiger partial charge in [0.25, 0.3) is 11.8 Å². The van der Waals surface area contributed by atoms with Gasteiger partial charge in [0.05, 0.1) is 18.9 Å².